The summed E-state index contributed by atoms with van der Waals surface area (Å²) in [5.41, 5.74) is 1.44. The molecule has 0 aliphatic rings. The summed E-state index contributed by atoms with van der Waals surface area (Å²) < 4.78 is 0. The number of ketones is 1. The smallest absolute Gasteiger partial charge is 0.239 e. The van der Waals surface area contributed by atoms with Crippen LogP contribution < -0.4 is 10.6 Å². The van der Waals surface area contributed by atoms with Crippen LogP contribution in [0.3, 0.4) is 0 Å². The molecule has 0 aromatic heterocycles. The van der Waals surface area contributed by atoms with E-state index in [0.717, 1.165) is 5.56 Å². The lowest BCUT2D eigenvalue weighted by molar-refractivity contribution is -0.135. The number of nitrogens with one attached hydrogen (secondary N) is 2. The van der Waals surface area contributed by atoms with Gasteiger partial charge in [0, 0.05) is 16.9 Å². The average Bonchev–Trinajstić information content (AvgIpc) is 2.57. The summed E-state index contributed by atoms with van der Waals surface area (Å²) in [7, 11) is 0. The Morgan fingerprint density at radius 1 is 0.840 bits per heavy atom. The molecule has 2 N–H and O–H groups in total. The summed E-state index contributed by atoms with van der Waals surface area (Å²) in [6.45, 7) is 6.51. The second kappa shape index (κ2) is 7.30. The summed E-state index contributed by atoms with van der Waals surface area (Å²) >= 11 is 0. The lowest BCUT2D eigenvalue weighted by Gasteiger charge is -2.23. The Kier molecular flexibility index (Phi) is 5.37. The molecule has 2 aromatic carbocycles. The Balaban J connectivity index is 2.09. The monoisotopic (exact) mass is 338 g/mol. The number of para-hydroxylation sites is 1. The van der Waals surface area contributed by atoms with Gasteiger partial charge in [0.05, 0.1) is 0 Å². The van der Waals surface area contributed by atoms with Gasteiger partial charge >= 0.3 is 0 Å². The summed E-state index contributed by atoms with van der Waals surface area (Å²) in [5, 5.41) is 5.52. The molecule has 0 bridgehead atoms. The van der Waals surface area contributed by atoms with Gasteiger partial charge < -0.3 is 10.6 Å². The highest BCUT2D eigenvalue weighted by Gasteiger charge is 2.36. The third-order valence-corrected chi connectivity index (χ3v) is 4.08. The molecule has 5 heteroatoms. The topological polar surface area (TPSA) is 75.3 Å². The van der Waals surface area contributed by atoms with Crippen LogP contribution in [0.5, 0.6) is 0 Å². The van der Waals surface area contributed by atoms with Crippen molar-refractivity contribution in [1.29, 1.82) is 0 Å². The van der Waals surface area contributed by atoms with E-state index in [1.807, 2.05) is 25.1 Å². The zero-order chi connectivity index (χ0) is 18.6. The van der Waals surface area contributed by atoms with Gasteiger partial charge in [-0.1, -0.05) is 18.2 Å². The summed E-state index contributed by atoms with van der Waals surface area (Å²) in [4.78, 5) is 36.4. The lowest BCUT2D eigenvalue weighted by atomic mass is 9.90. The van der Waals surface area contributed by atoms with Gasteiger partial charge in [0.25, 0.3) is 0 Å². The van der Waals surface area contributed by atoms with Crippen LogP contribution in [0.2, 0.25) is 0 Å². The molecule has 2 amide bonds. The molecule has 0 atom stereocenters. The van der Waals surface area contributed by atoms with Crippen LogP contribution >= 0.6 is 0 Å². The van der Waals surface area contributed by atoms with Gasteiger partial charge in [-0.2, -0.15) is 0 Å². The molecule has 2 aromatic rings. The Bertz CT molecular complexity index is 808. The number of aryl methyl sites for hydroxylation is 1. The second-order valence-electron chi connectivity index (χ2n) is 6.48. The molecule has 0 spiro atoms. The molecule has 0 radical (unpaired) electrons. The molecule has 0 saturated carbocycles. The van der Waals surface area contributed by atoms with E-state index < -0.39 is 11.3 Å². The van der Waals surface area contributed by atoms with E-state index in [0.29, 0.717) is 16.9 Å². The minimum Gasteiger partial charge on any atom is -0.325 e. The van der Waals surface area contributed by atoms with Crippen molar-refractivity contribution in [3.8, 4) is 0 Å². The largest absolute Gasteiger partial charge is 0.325 e. The molecule has 0 fully saturated rings. The third-order valence-electron chi connectivity index (χ3n) is 4.08. The quantitative estimate of drug-likeness (QED) is 0.643. The maximum absolute atomic E-state index is 12.5. The number of carbonyl (C=O) groups excluding carboxylic acids is 3. The maximum atomic E-state index is 12.5. The van der Waals surface area contributed by atoms with Crippen molar-refractivity contribution in [1.82, 2.24) is 0 Å². The van der Waals surface area contributed by atoms with E-state index in [4.69, 9.17) is 0 Å². The van der Waals surface area contributed by atoms with Crippen LogP contribution in [0.15, 0.2) is 48.5 Å². The first-order valence-electron chi connectivity index (χ1n) is 8.01. The standard InChI is InChI=1S/C20H22N2O3/c1-13-7-5-6-8-17(13)22-19(25)20(3,4)18(24)21-16-11-9-15(10-12-16)14(2)23/h5-12H,1-4H3,(H,21,24)(H,22,25). The van der Waals surface area contributed by atoms with Gasteiger partial charge in [-0.05, 0) is 63.6 Å². The number of carbonyl (C=O) groups is 3. The molecule has 25 heavy (non-hydrogen) atoms. The van der Waals surface area contributed by atoms with Crippen molar-refractivity contribution in [3.05, 3.63) is 59.7 Å². The molecular formula is C20H22N2O3. The minimum absolute atomic E-state index is 0.0455. The van der Waals surface area contributed by atoms with Crippen molar-refractivity contribution in [2.45, 2.75) is 27.7 Å². The average molecular weight is 338 g/mol. The van der Waals surface area contributed by atoms with Crippen molar-refractivity contribution >= 4 is 29.0 Å². The van der Waals surface area contributed by atoms with Crippen LogP contribution in [0.4, 0.5) is 11.4 Å². The Morgan fingerprint density at radius 3 is 1.96 bits per heavy atom. The Hall–Kier alpha value is -2.95. The number of rotatable bonds is 5. The van der Waals surface area contributed by atoms with Crippen LogP contribution in [-0.4, -0.2) is 17.6 Å². The maximum Gasteiger partial charge on any atom is 0.239 e. The highest BCUT2D eigenvalue weighted by atomic mass is 16.2. The molecule has 5 nitrogen and oxygen atoms in total. The minimum atomic E-state index is -1.26. The van der Waals surface area contributed by atoms with Crippen LogP contribution in [0.1, 0.15) is 36.7 Å². The summed E-state index contributed by atoms with van der Waals surface area (Å²) in [6.07, 6.45) is 0. The third kappa shape index (κ3) is 4.32. The number of benzene rings is 2. The molecule has 0 aliphatic carbocycles. The fourth-order valence-electron chi connectivity index (χ4n) is 2.17. The molecule has 0 unspecified atom stereocenters. The molecule has 0 saturated heterocycles. The number of hydrogen-bond acceptors (Lipinski definition) is 3. The predicted octanol–water partition coefficient (Wildman–Crippen LogP) is 3.80. The lowest BCUT2D eigenvalue weighted by Crippen LogP contribution is -2.41. The first-order valence-corrected chi connectivity index (χ1v) is 8.01. The molecule has 130 valence electrons. The summed E-state index contributed by atoms with van der Waals surface area (Å²) in [6, 6.07) is 13.9. The van der Waals surface area contributed by atoms with Gasteiger partial charge in [-0.15, -0.1) is 0 Å². The number of amides is 2. The van der Waals surface area contributed by atoms with Crippen LogP contribution in [0.25, 0.3) is 0 Å². The van der Waals surface area contributed by atoms with E-state index in [-0.39, 0.29) is 11.7 Å². The van der Waals surface area contributed by atoms with Crippen molar-refractivity contribution in [2.24, 2.45) is 5.41 Å². The zero-order valence-corrected chi connectivity index (χ0v) is 14.8. The van der Waals surface area contributed by atoms with Gasteiger partial charge in [0.2, 0.25) is 11.8 Å². The van der Waals surface area contributed by atoms with Crippen molar-refractivity contribution in [2.75, 3.05) is 10.6 Å². The van der Waals surface area contributed by atoms with E-state index in [1.54, 1.807) is 44.2 Å². The molecule has 0 aliphatic heterocycles. The Morgan fingerprint density at radius 2 is 1.40 bits per heavy atom. The number of Topliss-reactive ketones (excluding diaryl/α,β-unsaturated/α-hetero) is 1. The first-order chi connectivity index (χ1) is 11.7. The van der Waals surface area contributed by atoms with Crippen molar-refractivity contribution in [3.63, 3.8) is 0 Å². The van der Waals surface area contributed by atoms with Gasteiger partial charge in [0.15, 0.2) is 5.78 Å². The second-order valence-corrected chi connectivity index (χ2v) is 6.48. The highest BCUT2D eigenvalue weighted by Crippen LogP contribution is 2.23. The highest BCUT2D eigenvalue weighted by molar-refractivity contribution is 6.14. The van der Waals surface area contributed by atoms with E-state index in [2.05, 4.69) is 10.6 Å². The Labute approximate surface area is 147 Å². The normalized spacial score (nSPS) is 10.9. The predicted molar refractivity (Wildman–Crippen MR) is 98.7 cm³/mol. The van der Waals surface area contributed by atoms with Gasteiger partial charge in [-0.25, -0.2) is 0 Å². The SMILES string of the molecule is CC(=O)c1ccc(NC(=O)C(C)(C)C(=O)Nc2ccccc2C)cc1. The molecule has 2 rings (SSSR count). The van der Waals surface area contributed by atoms with E-state index in [9.17, 15) is 14.4 Å². The fraction of sp³-hybridized carbons (Fsp3) is 0.250. The van der Waals surface area contributed by atoms with Crippen molar-refractivity contribution < 1.29 is 14.4 Å². The molecular weight excluding hydrogens is 316 g/mol. The van der Waals surface area contributed by atoms with E-state index >= 15 is 0 Å². The summed E-state index contributed by atoms with van der Waals surface area (Å²) in [5.74, 6) is -0.857. The van der Waals surface area contributed by atoms with Crippen LogP contribution in [0, 0.1) is 12.3 Å². The van der Waals surface area contributed by atoms with Crippen LogP contribution in [-0.2, 0) is 9.59 Å². The number of hydrogen-bond donors (Lipinski definition) is 2. The van der Waals surface area contributed by atoms with Gasteiger partial charge in [0.1, 0.15) is 5.41 Å². The first kappa shape index (κ1) is 18.4. The van der Waals surface area contributed by atoms with E-state index in [1.165, 1.54) is 6.92 Å². The molecule has 0 heterocycles. The zero-order valence-electron chi connectivity index (χ0n) is 14.8. The fourth-order valence-corrected chi connectivity index (χ4v) is 2.17. The van der Waals surface area contributed by atoms with Gasteiger partial charge in [-0.3, -0.25) is 14.4 Å². The number of anilines is 2.